The molecule has 0 spiro atoms. The molecule has 1 saturated heterocycles. The van der Waals surface area contributed by atoms with Gasteiger partial charge in [0.15, 0.2) is 6.61 Å². The predicted octanol–water partition coefficient (Wildman–Crippen LogP) is 3.91. The van der Waals surface area contributed by atoms with E-state index in [1.165, 1.54) is 32.1 Å². The Balaban J connectivity index is 1.37. The Hall–Kier alpha value is -1.30. The second-order valence-corrected chi connectivity index (χ2v) is 8.72. The minimum absolute atomic E-state index is 0.0506. The summed E-state index contributed by atoms with van der Waals surface area (Å²) in [7, 11) is 0. The summed E-state index contributed by atoms with van der Waals surface area (Å²) in [4.78, 5) is 17.2. The monoisotopic (exact) mass is 421 g/mol. The van der Waals surface area contributed by atoms with E-state index in [1.54, 1.807) is 0 Å². The summed E-state index contributed by atoms with van der Waals surface area (Å²) in [6.45, 7) is 9.74. The van der Waals surface area contributed by atoms with E-state index in [0.29, 0.717) is 12.5 Å². The highest BCUT2D eigenvalue weighted by molar-refractivity contribution is 6.30. The van der Waals surface area contributed by atoms with Crippen LogP contribution in [0.2, 0.25) is 5.02 Å². The molecule has 5 nitrogen and oxygen atoms in total. The molecule has 1 saturated carbocycles. The fourth-order valence-electron chi connectivity index (χ4n) is 4.44. The Morgan fingerprint density at radius 2 is 1.86 bits per heavy atom. The van der Waals surface area contributed by atoms with Crippen LogP contribution in [0.3, 0.4) is 0 Å². The highest BCUT2D eigenvalue weighted by atomic mass is 35.5. The lowest BCUT2D eigenvalue weighted by atomic mass is 9.84. The van der Waals surface area contributed by atoms with Gasteiger partial charge in [-0.15, -0.1) is 0 Å². The van der Waals surface area contributed by atoms with Crippen LogP contribution in [0.4, 0.5) is 0 Å². The smallest absolute Gasteiger partial charge is 0.257 e. The molecule has 3 rings (SSSR count). The van der Waals surface area contributed by atoms with Gasteiger partial charge < -0.3 is 19.9 Å². The molecule has 0 bridgehead atoms. The number of nitrogens with zero attached hydrogens (tertiary/aromatic N) is 2. The third-order valence-corrected chi connectivity index (χ3v) is 6.50. The zero-order chi connectivity index (χ0) is 20.5. The molecule has 0 unspecified atom stereocenters. The highest BCUT2D eigenvalue weighted by Gasteiger charge is 2.20. The zero-order valence-electron chi connectivity index (χ0n) is 17.8. The minimum atomic E-state index is -0.0506. The molecular formula is C23H36ClN3O2. The van der Waals surface area contributed by atoms with Crippen molar-refractivity contribution < 1.29 is 9.53 Å². The topological polar surface area (TPSA) is 44.8 Å². The van der Waals surface area contributed by atoms with Crippen molar-refractivity contribution in [3.8, 4) is 5.75 Å². The molecule has 6 heteroatoms. The number of nitrogens with one attached hydrogen (secondary N) is 1. The van der Waals surface area contributed by atoms with Gasteiger partial charge >= 0.3 is 0 Å². The van der Waals surface area contributed by atoms with Gasteiger partial charge in [-0.2, -0.15) is 0 Å². The van der Waals surface area contributed by atoms with Crippen LogP contribution in [0.1, 0.15) is 56.9 Å². The fourth-order valence-corrected chi connectivity index (χ4v) is 4.62. The molecule has 2 fully saturated rings. The minimum Gasteiger partial charge on any atom is -0.483 e. The van der Waals surface area contributed by atoms with Crippen LogP contribution in [0.5, 0.6) is 5.75 Å². The van der Waals surface area contributed by atoms with E-state index in [9.17, 15) is 4.79 Å². The van der Waals surface area contributed by atoms with Crippen molar-refractivity contribution in [1.29, 1.82) is 0 Å². The van der Waals surface area contributed by atoms with E-state index in [-0.39, 0.29) is 12.5 Å². The quantitative estimate of drug-likeness (QED) is 0.614. The van der Waals surface area contributed by atoms with Crippen LogP contribution in [0.25, 0.3) is 0 Å². The summed E-state index contributed by atoms with van der Waals surface area (Å²) < 4.78 is 5.89. The number of carbonyl (C=O) groups is 1. The molecule has 1 aliphatic carbocycles. The van der Waals surface area contributed by atoms with E-state index in [0.717, 1.165) is 62.0 Å². The zero-order valence-corrected chi connectivity index (χ0v) is 18.6. The number of halogens is 1. The molecule has 0 atom stereocenters. The Labute approximate surface area is 180 Å². The third kappa shape index (κ3) is 7.16. The Bertz CT molecular complexity index is 641. The molecule has 29 heavy (non-hydrogen) atoms. The largest absolute Gasteiger partial charge is 0.483 e. The predicted molar refractivity (Wildman–Crippen MR) is 119 cm³/mol. The highest BCUT2D eigenvalue weighted by Crippen LogP contribution is 2.38. The van der Waals surface area contributed by atoms with Crippen molar-refractivity contribution in [2.45, 2.75) is 51.4 Å². The van der Waals surface area contributed by atoms with E-state index in [1.807, 2.05) is 18.2 Å². The summed E-state index contributed by atoms with van der Waals surface area (Å²) in [6, 6.07) is 5.78. The molecule has 162 valence electrons. The molecule has 1 heterocycles. The number of benzene rings is 1. The lowest BCUT2D eigenvalue weighted by Gasteiger charge is -2.33. The maximum absolute atomic E-state index is 12.2. The van der Waals surface area contributed by atoms with E-state index < -0.39 is 0 Å². The van der Waals surface area contributed by atoms with Gasteiger partial charge in [0.2, 0.25) is 0 Å². The Kier molecular flexibility index (Phi) is 9.09. The average Bonchev–Trinajstić information content (AvgIpc) is 2.77. The first kappa shape index (κ1) is 22.4. The SMILES string of the molecule is CCN1CCN(CCCNC(=O)COc2ccc(Cl)cc2C2CCCCC2)CC1. The fraction of sp³-hybridized carbons (Fsp3) is 0.696. The molecule has 1 N–H and O–H groups in total. The van der Waals surface area contributed by atoms with E-state index in [2.05, 4.69) is 22.0 Å². The summed E-state index contributed by atoms with van der Waals surface area (Å²) in [5, 5.41) is 3.73. The Morgan fingerprint density at radius 3 is 2.59 bits per heavy atom. The summed E-state index contributed by atoms with van der Waals surface area (Å²) in [5.74, 6) is 1.25. The summed E-state index contributed by atoms with van der Waals surface area (Å²) in [5.41, 5.74) is 1.16. The van der Waals surface area contributed by atoms with Gasteiger partial charge in [0.25, 0.3) is 5.91 Å². The van der Waals surface area contributed by atoms with Gasteiger partial charge in [-0.1, -0.05) is 37.8 Å². The van der Waals surface area contributed by atoms with Crippen LogP contribution in [0.15, 0.2) is 18.2 Å². The molecule has 2 aliphatic rings. The second kappa shape index (κ2) is 11.8. The summed E-state index contributed by atoms with van der Waals surface area (Å²) in [6.07, 6.45) is 7.15. The third-order valence-electron chi connectivity index (χ3n) is 6.26. The van der Waals surface area contributed by atoms with Gasteiger partial charge in [-0.25, -0.2) is 0 Å². The number of likely N-dealkylation sites (N-methyl/N-ethyl adjacent to an activating group) is 1. The lowest BCUT2D eigenvalue weighted by molar-refractivity contribution is -0.123. The van der Waals surface area contributed by atoms with Crippen LogP contribution >= 0.6 is 11.6 Å². The summed E-state index contributed by atoms with van der Waals surface area (Å²) >= 11 is 6.22. The van der Waals surface area contributed by atoms with Crippen molar-refractivity contribution >= 4 is 17.5 Å². The number of rotatable bonds is 9. The Morgan fingerprint density at radius 1 is 1.14 bits per heavy atom. The van der Waals surface area contributed by atoms with Gasteiger partial charge in [-0.3, -0.25) is 4.79 Å². The van der Waals surface area contributed by atoms with E-state index >= 15 is 0 Å². The standard InChI is InChI=1S/C23H36ClN3O2/c1-2-26-13-15-27(16-14-26)12-6-11-25-23(28)18-29-22-10-9-20(24)17-21(22)19-7-4-3-5-8-19/h9-10,17,19H,2-8,11-16,18H2,1H3,(H,25,28). The lowest BCUT2D eigenvalue weighted by Crippen LogP contribution is -2.46. The van der Waals surface area contributed by atoms with Crippen molar-refractivity contribution in [1.82, 2.24) is 15.1 Å². The van der Waals surface area contributed by atoms with Crippen molar-refractivity contribution in [3.05, 3.63) is 28.8 Å². The van der Waals surface area contributed by atoms with Crippen molar-refractivity contribution in [2.75, 3.05) is 52.4 Å². The van der Waals surface area contributed by atoms with Gasteiger partial charge in [0, 0.05) is 37.7 Å². The number of hydrogen-bond acceptors (Lipinski definition) is 4. The molecule has 1 amide bonds. The number of piperazine rings is 1. The first-order valence-electron chi connectivity index (χ1n) is 11.3. The normalized spacial score (nSPS) is 19.2. The van der Waals surface area contributed by atoms with Crippen LogP contribution in [0, 0.1) is 0 Å². The maximum atomic E-state index is 12.2. The molecule has 0 aromatic heterocycles. The maximum Gasteiger partial charge on any atom is 0.257 e. The molecule has 1 aromatic rings. The first-order valence-corrected chi connectivity index (χ1v) is 11.7. The second-order valence-electron chi connectivity index (χ2n) is 8.29. The molecule has 0 radical (unpaired) electrons. The number of amides is 1. The van der Waals surface area contributed by atoms with Crippen molar-refractivity contribution in [3.63, 3.8) is 0 Å². The molecular weight excluding hydrogens is 386 g/mol. The molecule has 1 aliphatic heterocycles. The average molecular weight is 422 g/mol. The van der Waals surface area contributed by atoms with Gasteiger partial charge in [0.1, 0.15) is 5.75 Å². The first-order chi connectivity index (χ1) is 14.2. The van der Waals surface area contributed by atoms with Gasteiger partial charge in [0.05, 0.1) is 0 Å². The van der Waals surface area contributed by atoms with Crippen LogP contribution in [-0.4, -0.2) is 68.1 Å². The van der Waals surface area contributed by atoms with E-state index in [4.69, 9.17) is 16.3 Å². The number of carbonyl (C=O) groups excluding carboxylic acids is 1. The van der Waals surface area contributed by atoms with Crippen LogP contribution in [-0.2, 0) is 4.79 Å². The van der Waals surface area contributed by atoms with Gasteiger partial charge in [-0.05, 0) is 62.0 Å². The van der Waals surface area contributed by atoms with Crippen molar-refractivity contribution in [2.24, 2.45) is 0 Å². The number of ether oxygens (including phenoxy) is 1. The van der Waals surface area contributed by atoms with Crippen LogP contribution < -0.4 is 10.1 Å². The molecule has 1 aromatic carbocycles. The number of hydrogen-bond donors (Lipinski definition) is 1.